The molecular weight excluding hydrogens is 177 g/mol. The van der Waals surface area contributed by atoms with Crippen molar-refractivity contribution in [1.82, 2.24) is 0 Å². The first-order chi connectivity index (χ1) is 6.19. The maximum atomic E-state index is 12.9. The zero-order valence-corrected chi connectivity index (χ0v) is 6.95. The van der Waals surface area contributed by atoms with Crippen molar-refractivity contribution in [3.8, 4) is 0 Å². The van der Waals surface area contributed by atoms with Crippen molar-refractivity contribution in [2.45, 2.75) is 0 Å². The minimum Gasteiger partial charge on any atom is -0.465 e. The Balaban J connectivity index is 3.02. The summed E-state index contributed by atoms with van der Waals surface area (Å²) in [7, 11) is 1.21. The van der Waals surface area contributed by atoms with E-state index in [0.29, 0.717) is 5.48 Å². The summed E-state index contributed by atoms with van der Waals surface area (Å²) in [6.45, 7) is 0. The number of carbonyl (C=O) groups is 1. The summed E-state index contributed by atoms with van der Waals surface area (Å²) in [6.07, 6.45) is 0. The zero-order valence-electron chi connectivity index (χ0n) is 6.95. The van der Waals surface area contributed by atoms with E-state index in [4.69, 9.17) is 5.21 Å². The lowest BCUT2D eigenvalue weighted by Crippen LogP contribution is -2.74. The molecule has 3 N–H and O–H groups in total. The Kier molecular flexibility index (Phi) is 2.94. The smallest absolute Gasteiger partial charge is 0.337 e. The lowest BCUT2D eigenvalue weighted by Gasteiger charge is -1.99. The topological polar surface area (TPSA) is 63.1 Å². The average Bonchev–Trinajstić information content (AvgIpc) is 2.16. The third-order valence-electron chi connectivity index (χ3n) is 1.56. The fraction of sp³-hybridized carbons (Fsp3) is 0.125. The van der Waals surface area contributed by atoms with Crippen LogP contribution in [0.2, 0.25) is 0 Å². The van der Waals surface area contributed by atoms with Gasteiger partial charge in [-0.15, -0.1) is 0 Å². The van der Waals surface area contributed by atoms with E-state index in [1.54, 1.807) is 0 Å². The number of quaternary nitrogens is 1. The number of ether oxygens (including phenoxy) is 1. The Hall–Kier alpha value is -1.46. The van der Waals surface area contributed by atoms with Crippen LogP contribution < -0.4 is 5.48 Å². The summed E-state index contributed by atoms with van der Waals surface area (Å²) in [4.78, 5) is 10.9. The molecule has 0 radical (unpaired) electrons. The predicted molar refractivity (Wildman–Crippen MR) is 41.1 cm³/mol. The summed E-state index contributed by atoms with van der Waals surface area (Å²) < 4.78 is 17.3. The van der Waals surface area contributed by atoms with Crippen LogP contribution in [0.15, 0.2) is 18.2 Å². The second kappa shape index (κ2) is 3.97. The Bertz CT molecular complexity index is 327. The molecule has 4 nitrogen and oxygen atoms in total. The number of nitrogens with two attached hydrogens (primary N) is 1. The van der Waals surface area contributed by atoms with Gasteiger partial charge in [0, 0.05) is 6.07 Å². The number of halogens is 1. The van der Waals surface area contributed by atoms with E-state index in [1.165, 1.54) is 19.2 Å². The van der Waals surface area contributed by atoms with Gasteiger partial charge in [0.15, 0.2) is 11.5 Å². The average molecular weight is 186 g/mol. The highest BCUT2D eigenvalue weighted by Crippen LogP contribution is 2.11. The number of esters is 1. The fourth-order valence-electron chi connectivity index (χ4n) is 0.877. The van der Waals surface area contributed by atoms with Crippen molar-refractivity contribution >= 4 is 11.7 Å². The minimum atomic E-state index is -0.662. The first-order valence-electron chi connectivity index (χ1n) is 3.54. The molecule has 0 aromatic heterocycles. The third-order valence-corrected chi connectivity index (χ3v) is 1.56. The molecule has 0 saturated heterocycles. The predicted octanol–water partition coefficient (Wildman–Crippen LogP) is 0.196. The van der Waals surface area contributed by atoms with Crippen molar-refractivity contribution < 1.29 is 24.6 Å². The minimum absolute atomic E-state index is 0.0349. The lowest BCUT2D eigenvalue weighted by molar-refractivity contribution is -0.826. The van der Waals surface area contributed by atoms with Crippen LogP contribution >= 0.6 is 0 Å². The van der Waals surface area contributed by atoms with Crippen LogP contribution in [-0.4, -0.2) is 18.3 Å². The van der Waals surface area contributed by atoms with E-state index in [0.717, 1.165) is 6.07 Å². The first kappa shape index (κ1) is 9.63. The van der Waals surface area contributed by atoms with E-state index in [9.17, 15) is 9.18 Å². The Labute approximate surface area is 73.9 Å². The zero-order chi connectivity index (χ0) is 9.84. The number of hydrogen-bond acceptors (Lipinski definition) is 3. The number of carbonyl (C=O) groups excluding carboxylic acids is 1. The SMILES string of the molecule is COC(=O)c1ccc([NH2+]O)c(F)c1. The second-order valence-corrected chi connectivity index (χ2v) is 2.36. The molecule has 0 bridgehead atoms. The van der Waals surface area contributed by atoms with E-state index in [-0.39, 0.29) is 11.3 Å². The Morgan fingerprint density at radius 3 is 2.77 bits per heavy atom. The molecule has 0 saturated carbocycles. The second-order valence-electron chi connectivity index (χ2n) is 2.36. The van der Waals surface area contributed by atoms with Crippen LogP contribution in [0, 0.1) is 5.82 Å². The molecule has 70 valence electrons. The van der Waals surface area contributed by atoms with Gasteiger partial charge in [-0.05, 0) is 12.1 Å². The van der Waals surface area contributed by atoms with Gasteiger partial charge in [0.2, 0.25) is 0 Å². The number of benzene rings is 1. The van der Waals surface area contributed by atoms with Crippen LogP contribution in [0.5, 0.6) is 0 Å². The first-order valence-corrected chi connectivity index (χ1v) is 3.54. The summed E-state index contributed by atoms with van der Waals surface area (Å²) in [6, 6.07) is 3.67. The number of rotatable bonds is 2. The largest absolute Gasteiger partial charge is 0.465 e. The van der Waals surface area contributed by atoms with Gasteiger partial charge in [0.05, 0.1) is 12.7 Å². The molecule has 13 heavy (non-hydrogen) atoms. The summed E-state index contributed by atoms with van der Waals surface area (Å²) in [5, 5.41) is 8.52. The highest BCUT2D eigenvalue weighted by Gasteiger charge is 2.11. The van der Waals surface area contributed by atoms with Crippen LogP contribution in [-0.2, 0) is 4.74 Å². The Morgan fingerprint density at radius 2 is 2.31 bits per heavy atom. The van der Waals surface area contributed by atoms with Crippen molar-refractivity contribution in [3.05, 3.63) is 29.6 Å². The molecule has 1 aromatic carbocycles. The van der Waals surface area contributed by atoms with Crippen molar-refractivity contribution in [2.75, 3.05) is 7.11 Å². The fourth-order valence-corrected chi connectivity index (χ4v) is 0.877. The van der Waals surface area contributed by atoms with E-state index >= 15 is 0 Å². The van der Waals surface area contributed by atoms with Crippen LogP contribution in [0.3, 0.4) is 0 Å². The Morgan fingerprint density at radius 1 is 1.62 bits per heavy atom. The molecule has 0 heterocycles. The van der Waals surface area contributed by atoms with Crippen LogP contribution in [0.1, 0.15) is 10.4 Å². The normalized spacial score (nSPS) is 9.77. The maximum Gasteiger partial charge on any atom is 0.337 e. The summed E-state index contributed by atoms with van der Waals surface area (Å²) in [5.74, 6) is -1.27. The van der Waals surface area contributed by atoms with Gasteiger partial charge < -0.3 is 4.74 Å². The van der Waals surface area contributed by atoms with E-state index in [2.05, 4.69) is 4.74 Å². The van der Waals surface area contributed by atoms with Crippen LogP contribution in [0.4, 0.5) is 10.1 Å². The molecule has 0 aliphatic heterocycles. The van der Waals surface area contributed by atoms with Gasteiger partial charge in [-0.25, -0.2) is 14.4 Å². The standard InChI is InChI=1S/C8H8FNO3/c1-13-8(11)5-2-3-7(10-12)6(9)4-5/h2-4,10,12H,1H3/p+1. The number of hydrogen-bond donors (Lipinski definition) is 2. The molecular formula is C8H9FNO3+. The highest BCUT2D eigenvalue weighted by atomic mass is 19.1. The summed E-state index contributed by atoms with van der Waals surface area (Å²) in [5.41, 5.74) is 0.786. The summed E-state index contributed by atoms with van der Waals surface area (Å²) >= 11 is 0. The van der Waals surface area contributed by atoms with Gasteiger partial charge in [-0.1, -0.05) is 0 Å². The highest BCUT2D eigenvalue weighted by molar-refractivity contribution is 5.89. The third kappa shape index (κ3) is 2.01. The molecule has 0 amide bonds. The van der Waals surface area contributed by atoms with Crippen molar-refractivity contribution in [2.24, 2.45) is 0 Å². The van der Waals surface area contributed by atoms with Gasteiger partial charge in [-0.2, -0.15) is 5.48 Å². The molecule has 1 rings (SSSR count). The van der Waals surface area contributed by atoms with Gasteiger partial charge in [0.1, 0.15) is 0 Å². The molecule has 0 spiro atoms. The van der Waals surface area contributed by atoms with E-state index in [1.807, 2.05) is 0 Å². The van der Waals surface area contributed by atoms with Crippen molar-refractivity contribution in [1.29, 1.82) is 0 Å². The monoisotopic (exact) mass is 186 g/mol. The van der Waals surface area contributed by atoms with Gasteiger partial charge in [-0.3, -0.25) is 0 Å². The quantitative estimate of drug-likeness (QED) is 0.394. The molecule has 0 fully saturated rings. The molecule has 5 heteroatoms. The van der Waals surface area contributed by atoms with Gasteiger partial charge >= 0.3 is 5.97 Å². The molecule has 0 aliphatic carbocycles. The molecule has 0 aliphatic rings. The molecule has 0 atom stereocenters. The van der Waals surface area contributed by atoms with E-state index < -0.39 is 11.8 Å². The maximum absolute atomic E-state index is 12.9. The molecule has 1 aromatic rings. The van der Waals surface area contributed by atoms with Crippen LogP contribution in [0.25, 0.3) is 0 Å². The number of methoxy groups -OCH3 is 1. The van der Waals surface area contributed by atoms with Gasteiger partial charge in [0.25, 0.3) is 0 Å². The molecule has 0 unspecified atom stereocenters. The van der Waals surface area contributed by atoms with Crippen molar-refractivity contribution in [3.63, 3.8) is 0 Å². The lowest BCUT2D eigenvalue weighted by atomic mass is 10.2.